The Balaban J connectivity index is 1.69. The van der Waals surface area contributed by atoms with Gasteiger partial charge in [0.25, 0.3) is 5.91 Å². The van der Waals surface area contributed by atoms with Crippen molar-refractivity contribution in [2.24, 2.45) is 0 Å². The van der Waals surface area contributed by atoms with E-state index in [-0.39, 0.29) is 13.0 Å². The van der Waals surface area contributed by atoms with Crippen LogP contribution < -0.4 is 4.90 Å². The second-order valence-corrected chi connectivity index (χ2v) is 7.18. The fourth-order valence-corrected chi connectivity index (χ4v) is 3.70. The van der Waals surface area contributed by atoms with Gasteiger partial charge in [0.05, 0.1) is 12.5 Å². The number of carbonyl (C=O) groups excluding carboxylic acids is 2. The molecule has 0 radical (unpaired) electrons. The van der Waals surface area contributed by atoms with Crippen LogP contribution in [0.25, 0.3) is 10.1 Å². The van der Waals surface area contributed by atoms with Crippen molar-refractivity contribution in [2.75, 3.05) is 18.1 Å². The van der Waals surface area contributed by atoms with Crippen molar-refractivity contribution in [1.82, 2.24) is 0 Å². The molecule has 0 aliphatic rings. The highest BCUT2D eigenvalue weighted by Gasteiger charge is 2.19. The minimum atomic E-state index is -0.545. The molecule has 0 saturated carbocycles. The number of amides is 1. The molecule has 0 atom stereocenters. The zero-order valence-corrected chi connectivity index (χ0v) is 15.8. The van der Waals surface area contributed by atoms with E-state index in [9.17, 15) is 9.59 Å². The average Bonchev–Trinajstić information content (AvgIpc) is 3.11. The highest BCUT2D eigenvalue weighted by Crippen LogP contribution is 2.26. The second kappa shape index (κ2) is 8.67. The van der Waals surface area contributed by atoms with Gasteiger partial charge in [-0.25, -0.2) is 4.79 Å². The molecule has 0 aliphatic carbocycles. The first kappa shape index (κ1) is 18.9. The highest BCUT2D eigenvalue weighted by atomic mass is 35.5. The monoisotopic (exact) mass is 398 g/mol. The summed E-state index contributed by atoms with van der Waals surface area (Å²) in [6.07, 6.45) is 0.155. The maximum atomic E-state index is 12.6. The van der Waals surface area contributed by atoms with Crippen LogP contribution in [0.2, 0.25) is 5.02 Å². The molecule has 2 aromatic carbocycles. The second-order valence-electron chi connectivity index (χ2n) is 5.66. The van der Waals surface area contributed by atoms with Crippen molar-refractivity contribution >= 4 is 50.6 Å². The van der Waals surface area contributed by atoms with E-state index in [4.69, 9.17) is 21.6 Å². The fraction of sp³-hybridized carbons (Fsp3) is 0.150. The first-order valence-corrected chi connectivity index (χ1v) is 9.36. The zero-order chi connectivity index (χ0) is 19.2. The van der Waals surface area contributed by atoms with Gasteiger partial charge in [0, 0.05) is 22.0 Å². The Morgan fingerprint density at radius 1 is 1.15 bits per heavy atom. The summed E-state index contributed by atoms with van der Waals surface area (Å²) in [4.78, 5) is 26.7. The molecular formula is C20H15ClN2O3S. The smallest absolute Gasteiger partial charge is 0.348 e. The molecule has 3 rings (SSSR count). The number of rotatable bonds is 6. The summed E-state index contributed by atoms with van der Waals surface area (Å²) in [5, 5.41) is 10.3. The van der Waals surface area contributed by atoms with Crippen molar-refractivity contribution in [2.45, 2.75) is 6.42 Å². The Labute approximate surface area is 165 Å². The number of nitrogens with zero attached hydrogens (tertiary/aromatic N) is 2. The van der Waals surface area contributed by atoms with Crippen LogP contribution in [0.15, 0.2) is 54.6 Å². The Kier molecular flexibility index (Phi) is 6.07. The van der Waals surface area contributed by atoms with E-state index in [1.165, 1.54) is 16.2 Å². The molecule has 1 amide bonds. The summed E-state index contributed by atoms with van der Waals surface area (Å²) in [6.45, 7) is -0.221. The molecule has 0 aliphatic heterocycles. The van der Waals surface area contributed by atoms with E-state index < -0.39 is 18.5 Å². The molecule has 136 valence electrons. The molecule has 3 aromatic rings. The number of thiophene rings is 1. The van der Waals surface area contributed by atoms with Crippen LogP contribution in [0.3, 0.4) is 0 Å². The number of hydrogen-bond donors (Lipinski definition) is 0. The third-order valence-corrected chi connectivity index (χ3v) is 5.15. The van der Waals surface area contributed by atoms with E-state index in [1.807, 2.05) is 30.3 Å². The predicted molar refractivity (Wildman–Crippen MR) is 106 cm³/mol. The third-order valence-electron chi connectivity index (χ3n) is 3.82. The van der Waals surface area contributed by atoms with Crippen LogP contribution in [0, 0.1) is 11.3 Å². The van der Waals surface area contributed by atoms with Crippen molar-refractivity contribution in [3.8, 4) is 6.07 Å². The number of anilines is 1. The van der Waals surface area contributed by atoms with Crippen LogP contribution in [-0.4, -0.2) is 25.0 Å². The van der Waals surface area contributed by atoms with Gasteiger partial charge in [-0.3, -0.25) is 4.79 Å². The van der Waals surface area contributed by atoms with Crippen LogP contribution in [0.5, 0.6) is 0 Å². The molecule has 0 bridgehead atoms. The van der Waals surface area contributed by atoms with Gasteiger partial charge in [-0.05, 0) is 35.7 Å². The van der Waals surface area contributed by atoms with Crippen molar-refractivity contribution in [3.63, 3.8) is 0 Å². The molecule has 1 aromatic heterocycles. The summed E-state index contributed by atoms with van der Waals surface area (Å²) in [5.41, 5.74) is 0.556. The van der Waals surface area contributed by atoms with Crippen LogP contribution in [0.1, 0.15) is 16.1 Å². The lowest BCUT2D eigenvalue weighted by Gasteiger charge is -2.21. The number of fused-ring (bicyclic) bond motifs is 1. The Morgan fingerprint density at radius 3 is 2.70 bits per heavy atom. The van der Waals surface area contributed by atoms with E-state index in [0.717, 1.165) is 10.1 Å². The maximum absolute atomic E-state index is 12.6. The molecular weight excluding hydrogens is 384 g/mol. The summed E-state index contributed by atoms with van der Waals surface area (Å²) >= 11 is 7.30. The molecule has 27 heavy (non-hydrogen) atoms. The van der Waals surface area contributed by atoms with E-state index in [1.54, 1.807) is 30.3 Å². The van der Waals surface area contributed by atoms with Crippen molar-refractivity contribution < 1.29 is 14.3 Å². The topological polar surface area (TPSA) is 70.4 Å². The molecule has 0 saturated heterocycles. The Bertz CT molecular complexity index is 992. The number of halogens is 1. The first-order valence-electron chi connectivity index (χ1n) is 8.17. The molecule has 0 unspecified atom stereocenters. The number of carbonyl (C=O) groups is 2. The van der Waals surface area contributed by atoms with Gasteiger partial charge in [-0.15, -0.1) is 11.3 Å². The van der Waals surface area contributed by atoms with E-state index in [0.29, 0.717) is 15.6 Å². The zero-order valence-electron chi connectivity index (χ0n) is 14.2. The SMILES string of the molecule is N#CCCN(C(=O)COC(=O)c1cc2ccccc2s1)c1cccc(Cl)c1. The van der Waals surface area contributed by atoms with E-state index >= 15 is 0 Å². The first-order chi connectivity index (χ1) is 13.1. The number of esters is 1. The molecule has 0 N–H and O–H groups in total. The third kappa shape index (κ3) is 4.64. The van der Waals surface area contributed by atoms with Gasteiger partial charge < -0.3 is 9.64 Å². The lowest BCUT2D eigenvalue weighted by atomic mass is 10.2. The lowest BCUT2D eigenvalue weighted by molar-refractivity contribution is -0.121. The predicted octanol–water partition coefficient (Wildman–Crippen LogP) is 4.66. The number of benzene rings is 2. The van der Waals surface area contributed by atoms with Gasteiger partial charge in [0.2, 0.25) is 0 Å². The summed E-state index contributed by atoms with van der Waals surface area (Å²) in [7, 11) is 0. The highest BCUT2D eigenvalue weighted by molar-refractivity contribution is 7.20. The molecule has 0 spiro atoms. The lowest BCUT2D eigenvalue weighted by Crippen LogP contribution is -2.35. The Hall–Kier alpha value is -2.88. The van der Waals surface area contributed by atoms with Gasteiger partial charge in [-0.2, -0.15) is 5.26 Å². The average molecular weight is 399 g/mol. The standard InChI is InChI=1S/C20H15ClN2O3S/c21-15-6-3-7-16(12-15)23(10-4-9-22)19(24)13-26-20(25)18-11-14-5-1-2-8-17(14)27-18/h1-3,5-8,11-12H,4,10,13H2. The van der Waals surface area contributed by atoms with E-state index in [2.05, 4.69) is 0 Å². The number of ether oxygens (including phenoxy) is 1. The summed E-state index contributed by atoms with van der Waals surface area (Å²) in [5.74, 6) is -0.960. The van der Waals surface area contributed by atoms with Crippen LogP contribution in [-0.2, 0) is 9.53 Å². The van der Waals surface area contributed by atoms with Crippen molar-refractivity contribution in [1.29, 1.82) is 5.26 Å². The molecule has 0 fully saturated rings. The fourth-order valence-electron chi connectivity index (χ4n) is 2.56. The largest absolute Gasteiger partial charge is 0.451 e. The maximum Gasteiger partial charge on any atom is 0.348 e. The summed E-state index contributed by atoms with van der Waals surface area (Å²) in [6, 6.07) is 18.1. The normalized spacial score (nSPS) is 10.4. The van der Waals surface area contributed by atoms with Crippen LogP contribution in [0.4, 0.5) is 5.69 Å². The molecule has 7 heteroatoms. The van der Waals surface area contributed by atoms with Gasteiger partial charge >= 0.3 is 5.97 Å². The number of nitriles is 1. The summed E-state index contributed by atoms with van der Waals surface area (Å²) < 4.78 is 6.17. The number of hydrogen-bond acceptors (Lipinski definition) is 5. The van der Waals surface area contributed by atoms with Crippen LogP contribution >= 0.6 is 22.9 Å². The minimum absolute atomic E-state index is 0.155. The molecule has 5 nitrogen and oxygen atoms in total. The quantitative estimate of drug-likeness (QED) is 0.566. The van der Waals surface area contributed by atoms with Crippen molar-refractivity contribution in [3.05, 3.63) is 64.5 Å². The van der Waals surface area contributed by atoms with Gasteiger partial charge in [-0.1, -0.05) is 35.9 Å². The van der Waals surface area contributed by atoms with Gasteiger partial charge in [0.15, 0.2) is 6.61 Å². The van der Waals surface area contributed by atoms with Gasteiger partial charge in [0.1, 0.15) is 4.88 Å². The Morgan fingerprint density at radius 2 is 1.96 bits per heavy atom. The minimum Gasteiger partial charge on any atom is -0.451 e. The molecule has 1 heterocycles.